The lowest BCUT2D eigenvalue weighted by molar-refractivity contribution is -0.000742. The van der Waals surface area contributed by atoms with Gasteiger partial charge in [-0.1, -0.05) is 20.8 Å². The molecule has 0 amide bonds. The van der Waals surface area contributed by atoms with Crippen molar-refractivity contribution in [2.45, 2.75) is 39.7 Å². The summed E-state index contributed by atoms with van der Waals surface area (Å²) in [4.78, 5) is 0. The van der Waals surface area contributed by atoms with Gasteiger partial charge in [0.15, 0.2) is 9.84 Å². The molecule has 0 aliphatic carbocycles. The number of hydrogen-bond donors (Lipinski definition) is 2. The Labute approximate surface area is 105 Å². The summed E-state index contributed by atoms with van der Waals surface area (Å²) < 4.78 is 23.2. The van der Waals surface area contributed by atoms with Crippen LogP contribution >= 0.6 is 0 Å². The van der Waals surface area contributed by atoms with E-state index in [4.69, 9.17) is 5.73 Å². The van der Waals surface area contributed by atoms with E-state index in [1.54, 1.807) is 0 Å². The second-order valence-corrected chi connectivity index (χ2v) is 8.14. The van der Waals surface area contributed by atoms with Crippen LogP contribution in [-0.2, 0) is 9.84 Å². The molecule has 0 aromatic carbocycles. The molecule has 1 heterocycles. The molecule has 3 unspecified atom stereocenters. The van der Waals surface area contributed by atoms with Crippen LogP contribution in [0, 0.1) is 17.3 Å². The van der Waals surface area contributed by atoms with Crippen molar-refractivity contribution in [2.24, 2.45) is 23.0 Å². The number of sulfone groups is 1. The molecule has 102 valence electrons. The van der Waals surface area contributed by atoms with Gasteiger partial charge < -0.3 is 10.8 Å². The van der Waals surface area contributed by atoms with Crippen LogP contribution in [0.5, 0.6) is 0 Å². The summed E-state index contributed by atoms with van der Waals surface area (Å²) in [5.41, 5.74) is 5.12. The van der Waals surface area contributed by atoms with Gasteiger partial charge in [0.05, 0.1) is 17.6 Å². The Bertz CT molecular complexity index is 353. The summed E-state index contributed by atoms with van der Waals surface area (Å²) in [6.45, 7) is 6.43. The summed E-state index contributed by atoms with van der Waals surface area (Å²) in [6.07, 6.45) is 0.769. The van der Waals surface area contributed by atoms with Crippen LogP contribution in [0.15, 0.2) is 0 Å². The van der Waals surface area contributed by atoms with Crippen LogP contribution in [0.3, 0.4) is 0 Å². The SMILES string of the molecule is CC(C)CC(C)C(O)C1(CN)CCS(=O)(=O)C1. The fourth-order valence-corrected chi connectivity index (χ4v) is 5.10. The van der Waals surface area contributed by atoms with E-state index in [-0.39, 0.29) is 24.0 Å². The molecule has 0 aromatic rings. The molecule has 1 aliphatic rings. The average Bonchev–Trinajstić information content (AvgIpc) is 2.53. The fraction of sp³-hybridized carbons (Fsp3) is 1.00. The lowest BCUT2D eigenvalue weighted by Gasteiger charge is -2.36. The van der Waals surface area contributed by atoms with E-state index in [0.717, 1.165) is 6.42 Å². The van der Waals surface area contributed by atoms with Crippen molar-refractivity contribution in [3.63, 3.8) is 0 Å². The van der Waals surface area contributed by atoms with Gasteiger partial charge in [-0.3, -0.25) is 0 Å². The molecule has 1 saturated heterocycles. The molecule has 3 atom stereocenters. The third-order valence-corrected chi connectivity index (χ3v) is 5.68. The van der Waals surface area contributed by atoms with Crippen LogP contribution in [-0.4, -0.2) is 37.7 Å². The summed E-state index contributed by atoms with van der Waals surface area (Å²) in [7, 11) is -3.01. The second-order valence-electron chi connectivity index (χ2n) is 5.96. The third-order valence-electron chi connectivity index (χ3n) is 3.83. The first-order valence-electron chi connectivity index (χ1n) is 6.31. The monoisotopic (exact) mass is 263 g/mol. The van der Waals surface area contributed by atoms with Gasteiger partial charge in [0.25, 0.3) is 0 Å². The lowest BCUT2D eigenvalue weighted by atomic mass is 9.74. The normalized spacial score (nSPS) is 31.6. The number of aliphatic hydroxyl groups is 1. The molecule has 1 fully saturated rings. The van der Waals surface area contributed by atoms with E-state index in [0.29, 0.717) is 12.3 Å². The minimum atomic E-state index is -3.01. The Kier molecular flexibility index (Phi) is 4.60. The van der Waals surface area contributed by atoms with E-state index in [9.17, 15) is 13.5 Å². The maximum atomic E-state index is 11.6. The maximum Gasteiger partial charge on any atom is 0.151 e. The molecular formula is C12H25NO3S. The van der Waals surface area contributed by atoms with Gasteiger partial charge in [-0.05, 0) is 24.7 Å². The van der Waals surface area contributed by atoms with Crippen LogP contribution in [0.4, 0.5) is 0 Å². The molecule has 0 saturated carbocycles. The molecule has 0 spiro atoms. The van der Waals surface area contributed by atoms with Crippen LogP contribution < -0.4 is 5.73 Å². The average molecular weight is 263 g/mol. The number of nitrogens with two attached hydrogens (primary N) is 1. The van der Waals surface area contributed by atoms with Crippen LogP contribution in [0.1, 0.15) is 33.6 Å². The largest absolute Gasteiger partial charge is 0.392 e. The molecule has 4 nitrogen and oxygen atoms in total. The minimum Gasteiger partial charge on any atom is -0.392 e. The topological polar surface area (TPSA) is 80.4 Å². The molecule has 0 radical (unpaired) electrons. The molecule has 0 aromatic heterocycles. The highest BCUT2D eigenvalue weighted by Crippen LogP contribution is 2.39. The Balaban J connectivity index is 2.81. The quantitative estimate of drug-likeness (QED) is 0.768. The Hall–Kier alpha value is -0.130. The van der Waals surface area contributed by atoms with E-state index < -0.39 is 21.4 Å². The van der Waals surface area contributed by atoms with Gasteiger partial charge in [0, 0.05) is 12.0 Å². The molecular weight excluding hydrogens is 238 g/mol. The van der Waals surface area contributed by atoms with Crippen molar-refractivity contribution in [2.75, 3.05) is 18.1 Å². The molecule has 3 N–H and O–H groups in total. The highest BCUT2D eigenvalue weighted by Gasteiger charge is 2.47. The van der Waals surface area contributed by atoms with E-state index in [1.807, 2.05) is 6.92 Å². The summed E-state index contributed by atoms with van der Waals surface area (Å²) in [5, 5.41) is 10.4. The van der Waals surface area contributed by atoms with Crippen molar-refractivity contribution in [1.82, 2.24) is 0 Å². The third kappa shape index (κ3) is 3.42. The zero-order valence-electron chi connectivity index (χ0n) is 11.0. The molecule has 0 bridgehead atoms. The first-order chi connectivity index (χ1) is 7.72. The van der Waals surface area contributed by atoms with Gasteiger partial charge in [-0.2, -0.15) is 0 Å². The highest BCUT2D eigenvalue weighted by molar-refractivity contribution is 7.91. The Morgan fingerprint density at radius 2 is 1.94 bits per heavy atom. The summed E-state index contributed by atoms with van der Waals surface area (Å²) in [6, 6.07) is 0. The maximum absolute atomic E-state index is 11.6. The smallest absolute Gasteiger partial charge is 0.151 e. The second kappa shape index (κ2) is 5.24. The Morgan fingerprint density at radius 1 is 1.35 bits per heavy atom. The summed E-state index contributed by atoms with van der Waals surface area (Å²) in [5.74, 6) is 0.787. The summed E-state index contributed by atoms with van der Waals surface area (Å²) >= 11 is 0. The highest BCUT2D eigenvalue weighted by atomic mass is 32.2. The van der Waals surface area contributed by atoms with Crippen LogP contribution in [0.25, 0.3) is 0 Å². The first kappa shape index (κ1) is 14.9. The van der Waals surface area contributed by atoms with Gasteiger partial charge in [-0.15, -0.1) is 0 Å². The predicted octanol–water partition coefficient (Wildman–Crippen LogP) is 0.793. The Morgan fingerprint density at radius 3 is 2.29 bits per heavy atom. The number of hydrogen-bond acceptors (Lipinski definition) is 4. The van der Waals surface area contributed by atoms with Gasteiger partial charge in [-0.25, -0.2) is 8.42 Å². The zero-order valence-corrected chi connectivity index (χ0v) is 11.8. The van der Waals surface area contributed by atoms with Crippen molar-refractivity contribution in [3.05, 3.63) is 0 Å². The minimum absolute atomic E-state index is 0.0418. The first-order valence-corrected chi connectivity index (χ1v) is 8.13. The lowest BCUT2D eigenvalue weighted by Crippen LogP contribution is -2.46. The van der Waals surface area contributed by atoms with Gasteiger partial charge >= 0.3 is 0 Å². The molecule has 5 heteroatoms. The number of rotatable bonds is 5. The van der Waals surface area contributed by atoms with Crippen molar-refractivity contribution in [1.29, 1.82) is 0 Å². The molecule has 17 heavy (non-hydrogen) atoms. The number of aliphatic hydroxyl groups excluding tert-OH is 1. The van der Waals surface area contributed by atoms with Gasteiger partial charge in [0.2, 0.25) is 0 Å². The van der Waals surface area contributed by atoms with E-state index in [1.165, 1.54) is 0 Å². The predicted molar refractivity (Wildman–Crippen MR) is 69.4 cm³/mol. The van der Waals surface area contributed by atoms with Crippen LogP contribution in [0.2, 0.25) is 0 Å². The van der Waals surface area contributed by atoms with Gasteiger partial charge in [0.1, 0.15) is 0 Å². The molecule has 1 rings (SSSR count). The van der Waals surface area contributed by atoms with Crippen molar-refractivity contribution >= 4 is 9.84 Å². The molecule has 1 aliphatic heterocycles. The van der Waals surface area contributed by atoms with Crippen molar-refractivity contribution < 1.29 is 13.5 Å². The van der Waals surface area contributed by atoms with E-state index in [2.05, 4.69) is 13.8 Å². The standard InChI is InChI=1S/C12H25NO3S/c1-9(2)6-10(3)11(14)12(7-13)4-5-17(15,16)8-12/h9-11,14H,4-8,13H2,1-3H3. The fourth-order valence-electron chi connectivity index (χ4n) is 2.93. The van der Waals surface area contributed by atoms with Crippen molar-refractivity contribution in [3.8, 4) is 0 Å². The zero-order chi connectivity index (χ0) is 13.3. The van der Waals surface area contributed by atoms with E-state index >= 15 is 0 Å².